The van der Waals surface area contributed by atoms with Crippen molar-refractivity contribution < 1.29 is 8.42 Å². The highest BCUT2D eigenvalue weighted by atomic mass is 32.2. The molecule has 5 nitrogen and oxygen atoms in total. The van der Waals surface area contributed by atoms with Crippen LogP contribution >= 0.6 is 11.3 Å². The standard InChI is InChI=1S/C12H15N3O2S2/c1-12(4-6-19(16,17)8-12)15-11(13)7-9(14-15)10-3-2-5-18-10/h2-3,5,7H,4,6,8,13H2,1H3. The van der Waals surface area contributed by atoms with Crippen LogP contribution in [0, 0.1) is 0 Å². The van der Waals surface area contributed by atoms with E-state index in [1.165, 1.54) is 0 Å². The Balaban J connectivity index is 2.03. The van der Waals surface area contributed by atoms with Gasteiger partial charge in [0.25, 0.3) is 0 Å². The molecule has 2 aromatic rings. The van der Waals surface area contributed by atoms with Gasteiger partial charge in [0.15, 0.2) is 9.84 Å². The molecular weight excluding hydrogens is 282 g/mol. The SMILES string of the molecule is CC1(n2nc(-c3cccs3)cc2N)CCS(=O)(=O)C1. The van der Waals surface area contributed by atoms with E-state index in [0.717, 1.165) is 10.6 Å². The summed E-state index contributed by atoms with van der Waals surface area (Å²) in [5.41, 5.74) is 6.29. The van der Waals surface area contributed by atoms with Crippen LogP contribution in [0.1, 0.15) is 13.3 Å². The van der Waals surface area contributed by atoms with Gasteiger partial charge in [-0.1, -0.05) is 6.07 Å². The fourth-order valence-corrected chi connectivity index (χ4v) is 5.32. The Bertz CT molecular complexity index is 703. The fourth-order valence-electron chi connectivity index (χ4n) is 2.53. The van der Waals surface area contributed by atoms with E-state index < -0.39 is 15.4 Å². The van der Waals surface area contributed by atoms with Gasteiger partial charge < -0.3 is 5.73 Å². The Kier molecular flexibility index (Phi) is 2.72. The average Bonchev–Trinajstić information content (AvgIpc) is 2.98. The minimum absolute atomic E-state index is 0.107. The van der Waals surface area contributed by atoms with E-state index in [9.17, 15) is 8.42 Å². The lowest BCUT2D eigenvalue weighted by Crippen LogP contribution is -2.33. The van der Waals surface area contributed by atoms with Gasteiger partial charge in [0.2, 0.25) is 0 Å². The van der Waals surface area contributed by atoms with Crippen LogP contribution in [-0.4, -0.2) is 29.7 Å². The van der Waals surface area contributed by atoms with Gasteiger partial charge in [-0.25, -0.2) is 13.1 Å². The van der Waals surface area contributed by atoms with Gasteiger partial charge in [-0.2, -0.15) is 5.10 Å². The summed E-state index contributed by atoms with van der Waals surface area (Å²) in [7, 11) is -2.98. The number of nitrogen functional groups attached to an aromatic ring is 1. The molecule has 1 atom stereocenters. The van der Waals surface area contributed by atoms with Crippen LogP contribution in [0.25, 0.3) is 10.6 Å². The molecule has 2 aromatic heterocycles. The van der Waals surface area contributed by atoms with Crippen LogP contribution in [0.5, 0.6) is 0 Å². The topological polar surface area (TPSA) is 78.0 Å². The predicted octanol–water partition coefficient (Wildman–Crippen LogP) is 1.73. The van der Waals surface area contributed by atoms with E-state index in [2.05, 4.69) is 5.10 Å². The molecule has 1 saturated heterocycles. The summed E-state index contributed by atoms with van der Waals surface area (Å²) in [4.78, 5) is 1.04. The largest absolute Gasteiger partial charge is 0.384 e. The Labute approximate surface area is 116 Å². The first-order valence-electron chi connectivity index (χ1n) is 6.00. The lowest BCUT2D eigenvalue weighted by atomic mass is 10.0. The molecule has 0 spiro atoms. The molecule has 0 bridgehead atoms. The van der Waals surface area contributed by atoms with E-state index in [4.69, 9.17) is 5.73 Å². The van der Waals surface area contributed by atoms with E-state index >= 15 is 0 Å². The van der Waals surface area contributed by atoms with Crippen LogP contribution < -0.4 is 5.73 Å². The smallest absolute Gasteiger partial charge is 0.152 e. The monoisotopic (exact) mass is 297 g/mol. The van der Waals surface area contributed by atoms with Crippen molar-refractivity contribution in [2.75, 3.05) is 17.2 Å². The summed E-state index contributed by atoms with van der Waals surface area (Å²) in [6.07, 6.45) is 0.561. The number of nitrogens with two attached hydrogens (primary N) is 1. The number of thiophene rings is 1. The zero-order valence-electron chi connectivity index (χ0n) is 10.5. The Morgan fingerprint density at radius 3 is 2.89 bits per heavy atom. The first-order chi connectivity index (χ1) is 8.90. The molecule has 19 heavy (non-hydrogen) atoms. The van der Waals surface area contributed by atoms with Crippen molar-refractivity contribution in [3.8, 4) is 10.6 Å². The van der Waals surface area contributed by atoms with Crippen molar-refractivity contribution >= 4 is 27.0 Å². The summed E-state index contributed by atoms with van der Waals surface area (Å²) < 4.78 is 25.0. The van der Waals surface area contributed by atoms with Crippen LogP contribution in [-0.2, 0) is 15.4 Å². The second-order valence-corrected chi connectivity index (χ2v) is 8.31. The number of anilines is 1. The summed E-state index contributed by atoms with van der Waals surface area (Å²) in [6, 6.07) is 5.74. The van der Waals surface area contributed by atoms with Crippen LogP contribution in [0.3, 0.4) is 0 Å². The van der Waals surface area contributed by atoms with Gasteiger partial charge in [-0.15, -0.1) is 11.3 Å². The second-order valence-electron chi connectivity index (χ2n) is 5.18. The fraction of sp³-hybridized carbons (Fsp3) is 0.417. The van der Waals surface area contributed by atoms with E-state index in [1.54, 1.807) is 16.0 Å². The maximum Gasteiger partial charge on any atom is 0.152 e. The number of hydrogen-bond donors (Lipinski definition) is 1. The number of sulfone groups is 1. The highest BCUT2D eigenvalue weighted by Crippen LogP contribution is 2.34. The Morgan fingerprint density at radius 2 is 2.32 bits per heavy atom. The summed E-state index contributed by atoms with van der Waals surface area (Å²) in [5.74, 6) is 0.829. The van der Waals surface area contributed by atoms with Crippen molar-refractivity contribution in [2.45, 2.75) is 18.9 Å². The molecule has 2 N–H and O–H groups in total. The molecule has 1 unspecified atom stereocenters. The van der Waals surface area contributed by atoms with E-state index in [0.29, 0.717) is 12.2 Å². The molecule has 1 aliphatic heterocycles. The van der Waals surface area contributed by atoms with Gasteiger partial charge in [-0.05, 0) is 24.8 Å². The first-order valence-corrected chi connectivity index (χ1v) is 8.70. The number of aromatic nitrogens is 2. The molecule has 0 aromatic carbocycles. The minimum Gasteiger partial charge on any atom is -0.384 e. The number of nitrogens with zero attached hydrogens (tertiary/aromatic N) is 2. The molecule has 0 radical (unpaired) electrons. The third kappa shape index (κ3) is 2.17. The lowest BCUT2D eigenvalue weighted by Gasteiger charge is -2.24. The normalized spacial score (nSPS) is 25.7. The van der Waals surface area contributed by atoms with Crippen molar-refractivity contribution in [1.82, 2.24) is 9.78 Å². The van der Waals surface area contributed by atoms with Gasteiger partial charge in [0.05, 0.1) is 21.9 Å². The zero-order valence-corrected chi connectivity index (χ0v) is 12.2. The molecule has 0 saturated carbocycles. The molecule has 7 heteroatoms. The second kappa shape index (κ2) is 4.08. The van der Waals surface area contributed by atoms with Crippen molar-refractivity contribution in [1.29, 1.82) is 0 Å². The quantitative estimate of drug-likeness (QED) is 0.915. The number of hydrogen-bond acceptors (Lipinski definition) is 5. The van der Waals surface area contributed by atoms with Crippen LogP contribution in [0.15, 0.2) is 23.6 Å². The molecule has 0 amide bonds. The predicted molar refractivity (Wildman–Crippen MR) is 76.9 cm³/mol. The molecule has 0 aliphatic carbocycles. The third-order valence-electron chi connectivity index (χ3n) is 3.50. The maximum atomic E-state index is 11.7. The molecular formula is C12H15N3O2S2. The minimum atomic E-state index is -2.98. The summed E-state index contributed by atoms with van der Waals surface area (Å²) >= 11 is 1.59. The average molecular weight is 297 g/mol. The van der Waals surface area contributed by atoms with Gasteiger partial charge in [0.1, 0.15) is 11.5 Å². The van der Waals surface area contributed by atoms with Gasteiger partial charge in [0, 0.05) is 6.07 Å². The molecule has 102 valence electrons. The van der Waals surface area contributed by atoms with Crippen molar-refractivity contribution in [2.24, 2.45) is 0 Å². The summed E-state index contributed by atoms with van der Waals surface area (Å²) in [5, 5.41) is 6.49. The Morgan fingerprint density at radius 1 is 1.53 bits per heavy atom. The highest BCUT2D eigenvalue weighted by Gasteiger charge is 2.41. The Hall–Kier alpha value is -1.34. The van der Waals surface area contributed by atoms with Crippen molar-refractivity contribution in [3.63, 3.8) is 0 Å². The summed E-state index contributed by atoms with van der Waals surface area (Å²) in [6.45, 7) is 1.90. The van der Waals surface area contributed by atoms with Crippen molar-refractivity contribution in [3.05, 3.63) is 23.6 Å². The zero-order chi connectivity index (χ0) is 13.7. The van der Waals surface area contributed by atoms with Gasteiger partial charge >= 0.3 is 0 Å². The molecule has 1 aliphatic rings. The highest BCUT2D eigenvalue weighted by molar-refractivity contribution is 7.91. The molecule has 1 fully saturated rings. The van der Waals surface area contributed by atoms with E-state index in [-0.39, 0.29) is 11.5 Å². The first kappa shape index (κ1) is 12.7. The third-order valence-corrected chi connectivity index (χ3v) is 6.28. The molecule has 3 heterocycles. The molecule has 3 rings (SSSR count). The van der Waals surface area contributed by atoms with Crippen LogP contribution in [0.4, 0.5) is 5.82 Å². The number of rotatable bonds is 2. The lowest BCUT2D eigenvalue weighted by molar-refractivity contribution is 0.335. The van der Waals surface area contributed by atoms with Crippen LogP contribution in [0.2, 0.25) is 0 Å². The maximum absolute atomic E-state index is 11.7. The van der Waals surface area contributed by atoms with Gasteiger partial charge in [-0.3, -0.25) is 0 Å². The van der Waals surface area contributed by atoms with E-state index in [1.807, 2.05) is 30.5 Å².